The third-order valence-corrected chi connectivity index (χ3v) is 5.73. The molecule has 9 heteroatoms. The molecule has 1 N–H and O–H groups in total. The van der Waals surface area contributed by atoms with Crippen molar-refractivity contribution < 1.29 is 31.5 Å². The van der Waals surface area contributed by atoms with Gasteiger partial charge in [0.25, 0.3) is 0 Å². The Morgan fingerprint density at radius 3 is 2.46 bits per heavy atom. The van der Waals surface area contributed by atoms with Crippen molar-refractivity contribution in [1.29, 1.82) is 0 Å². The molecule has 1 aliphatic carbocycles. The minimum atomic E-state index is -3.75. The lowest BCUT2D eigenvalue weighted by molar-refractivity contribution is 0.0473. The molecule has 0 amide bonds. The highest BCUT2D eigenvalue weighted by molar-refractivity contribution is 7.89. The van der Waals surface area contributed by atoms with E-state index in [9.17, 15) is 26.8 Å². The summed E-state index contributed by atoms with van der Waals surface area (Å²) in [5, 5.41) is 0. The highest BCUT2D eigenvalue weighted by Gasteiger charge is 2.28. The van der Waals surface area contributed by atoms with Gasteiger partial charge in [0, 0.05) is 11.6 Å². The van der Waals surface area contributed by atoms with Gasteiger partial charge in [-0.2, -0.15) is 0 Å². The molecular weight excluding hydrogens is 392 g/mol. The van der Waals surface area contributed by atoms with Gasteiger partial charge in [-0.05, 0) is 55.7 Å². The van der Waals surface area contributed by atoms with Gasteiger partial charge in [-0.1, -0.05) is 6.07 Å². The van der Waals surface area contributed by atoms with Crippen LogP contribution in [0.15, 0.2) is 41.3 Å². The molecule has 0 aliphatic heterocycles. The number of sulfonamides is 1. The normalized spacial score (nSPS) is 14.0. The molecule has 0 aromatic heterocycles. The van der Waals surface area contributed by atoms with Crippen molar-refractivity contribution >= 4 is 21.8 Å². The second kappa shape index (κ2) is 7.76. The van der Waals surface area contributed by atoms with Crippen LogP contribution in [-0.2, 0) is 14.8 Å². The summed E-state index contributed by atoms with van der Waals surface area (Å²) in [6.45, 7) is 0.902. The largest absolute Gasteiger partial charge is 0.454 e. The van der Waals surface area contributed by atoms with Gasteiger partial charge in [-0.25, -0.2) is 26.7 Å². The van der Waals surface area contributed by atoms with E-state index in [2.05, 4.69) is 4.72 Å². The Labute approximate surface area is 160 Å². The van der Waals surface area contributed by atoms with E-state index >= 15 is 0 Å². The molecule has 148 valence electrons. The summed E-state index contributed by atoms with van der Waals surface area (Å²) < 4.78 is 58.2. The number of ether oxygens (including phenoxy) is 1. The van der Waals surface area contributed by atoms with Crippen LogP contribution < -0.4 is 4.72 Å². The summed E-state index contributed by atoms with van der Waals surface area (Å²) >= 11 is 0. The summed E-state index contributed by atoms with van der Waals surface area (Å²) in [5.74, 6) is -3.89. The van der Waals surface area contributed by atoms with Gasteiger partial charge < -0.3 is 4.74 Å². The quantitative estimate of drug-likeness (QED) is 0.561. The molecule has 28 heavy (non-hydrogen) atoms. The van der Waals surface area contributed by atoms with E-state index < -0.39 is 40.0 Å². The molecule has 0 bridgehead atoms. The van der Waals surface area contributed by atoms with Crippen molar-refractivity contribution in [3.8, 4) is 0 Å². The van der Waals surface area contributed by atoms with Gasteiger partial charge in [0.05, 0.1) is 10.5 Å². The van der Waals surface area contributed by atoms with Crippen LogP contribution in [0.5, 0.6) is 0 Å². The zero-order valence-electron chi connectivity index (χ0n) is 14.9. The summed E-state index contributed by atoms with van der Waals surface area (Å²) in [6.07, 6.45) is 1.54. The molecule has 0 atom stereocenters. The molecule has 1 saturated carbocycles. The van der Waals surface area contributed by atoms with Gasteiger partial charge in [0.1, 0.15) is 0 Å². The Morgan fingerprint density at radius 1 is 1.11 bits per heavy atom. The van der Waals surface area contributed by atoms with Crippen molar-refractivity contribution in [3.63, 3.8) is 0 Å². The predicted octanol–water partition coefficient (Wildman–Crippen LogP) is 2.75. The fourth-order valence-corrected chi connectivity index (χ4v) is 3.77. The van der Waals surface area contributed by atoms with E-state index in [-0.39, 0.29) is 22.1 Å². The lowest BCUT2D eigenvalue weighted by atomic mass is 10.1. The van der Waals surface area contributed by atoms with Crippen LogP contribution in [0.25, 0.3) is 0 Å². The second-order valence-electron chi connectivity index (χ2n) is 6.50. The average molecular weight is 409 g/mol. The minimum Gasteiger partial charge on any atom is -0.454 e. The van der Waals surface area contributed by atoms with Crippen molar-refractivity contribution in [2.45, 2.75) is 30.7 Å². The fraction of sp³-hybridized carbons (Fsp3) is 0.263. The Bertz CT molecular complexity index is 1050. The van der Waals surface area contributed by atoms with Crippen molar-refractivity contribution in [2.24, 2.45) is 0 Å². The van der Waals surface area contributed by atoms with Crippen LogP contribution in [0.3, 0.4) is 0 Å². The number of carbonyl (C=O) groups excluding carboxylic acids is 2. The van der Waals surface area contributed by atoms with Crippen LogP contribution in [0.1, 0.15) is 39.1 Å². The first-order valence-electron chi connectivity index (χ1n) is 8.46. The molecule has 1 aliphatic rings. The highest BCUT2D eigenvalue weighted by Crippen LogP contribution is 2.23. The Balaban J connectivity index is 1.72. The molecule has 0 saturated heterocycles. The number of Topliss-reactive ketones (excluding diaryl/α,β-unsaturated/α-hetero) is 1. The van der Waals surface area contributed by atoms with Gasteiger partial charge in [-0.15, -0.1) is 0 Å². The molecule has 0 unspecified atom stereocenters. The van der Waals surface area contributed by atoms with Gasteiger partial charge >= 0.3 is 5.97 Å². The molecule has 0 spiro atoms. The number of hydrogen-bond acceptors (Lipinski definition) is 5. The number of nitrogens with one attached hydrogen (secondary N) is 1. The van der Waals surface area contributed by atoms with E-state index in [0.29, 0.717) is 11.6 Å². The summed E-state index contributed by atoms with van der Waals surface area (Å²) in [7, 11) is -3.75. The lowest BCUT2D eigenvalue weighted by Crippen LogP contribution is -2.26. The van der Waals surface area contributed by atoms with E-state index in [1.807, 2.05) is 0 Å². The Kier molecular flexibility index (Phi) is 5.57. The lowest BCUT2D eigenvalue weighted by Gasteiger charge is -2.10. The maximum absolute atomic E-state index is 13.2. The molecule has 2 aromatic rings. The monoisotopic (exact) mass is 409 g/mol. The number of halogens is 2. The molecule has 0 heterocycles. The number of rotatable bonds is 7. The van der Waals surface area contributed by atoms with Crippen molar-refractivity contribution in [3.05, 3.63) is 64.7 Å². The van der Waals surface area contributed by atoms with Gasteiger partial charge in [-0.3, -0.25) is 4.79 Å². The van der Waals surface area contributed by atoms with Crippen LogP contribution in [0.2, 0.25) is 0 Å². The van der Waals surface area contributed by atoms with Crippen LogP contribution in [0, 0.1) is 18.6 Å². The highest BCUT2D eigenvalue weighted by atomic mass is 32.2. The van der Waals surface area contributed by atoms with Crippen LogP contribution >= 0.6 is 0 Å². The van der Waals surface area contributed by atoms with Crippen molar-refractivity contribution in [1.82, 2.24) is 4.72 Å². The molecule has 0 radical (unpaired) electrons. The smallest absolute Gasteiger partial charge is 0.338 e. The first-order chi connectivity index (χ1) is 13.2. The number of aryl methyl sites for hydroxylation is 1. The number of ketones is 1. The zero-order valence-corrected chi connectivity index (χ0v) is 15.7. The molecule has 2 aromatic carbocycles. The number of esters is 1. The maximum atomic E-state index is 13.2. The topological polar surface area (TPSA) is 89.5 Å². The summed E-state index contributed by atoms with van der Waals surface area (Å²) in [5.41, 5.74) is 0.320. The number of carbonyl (C=O) groups is 2. The first kappa shape index (κ1) is 20.1. The van der Waals surface area contributed by atoms with Crippen LogP contribution in [-0.4, -0.2) is 32.8 Å². The van der Waals surface area contributed by atoms with Crippen LogP contribution in [0.4, 0.5) is 8.78 Å². The third-order valence-electron chi connectivity index (χ3n) is 4.21. The standard InChI is InChI=1S/C19H17F2NO5S/c1-11-2-6-14(28(25,26)22-13-4-5-13)9-15(11)19(24)27-10-18(23)12-3-7-16(20)17(21)8-12/h2-3,6-9,13,22H,4-5,10H2,1H3. The summed E-state index contributed by atoms with van der Waals surface area (Å²) in [6, 6.07) is 6.54. The zero-order chi connectivity index (χ0) is 20.5. The fourth-order valence-electron chi connectivity index (χ4n) is 2.44. The van der Waals surface area contributed by atoms with Crippen molar-refractivity contribution in [2.75, 3.05) is 6.61 Å². The molecule has 3 rings (SSSR count). The summed E-state index contributed by atoms with van der Waals surface area (Å²) in [4.78, 5) is 24.2. The molecule has 6 nitrogen and oxygen atoms in total. The van der Waals surface area contributed by atoms with E-state index in [1.165, 1.54) is 18.2 Å². The van der Waals surface area contributed by atoms with Gasteiger partial charge in [0.15, 0.2) is 24.0 Å². The maximum Gasteiger partial charge on any atom is 0.338 e. The molecular formula is C19H17F2NO5S. The Hall–Kier alpha value is -2.65. The average Bonchev–Trinajstić information content (AvgIpc) is 3.45. The van der Waals surface area contributed by atoms with Gasteiger partial charge in [0.2, 0.25) is 10.0 Å². The first-order valence-corrected chi connectivity index (χ1v) is 9.94. The van der Waals surface area contributed by atoms with E-state index in [0.717, 1.165) is 25.0 Å². The third kappa shape index (κ3) is 4.60. The predicted molar refractivity (Wildman–Crippen MR) is 95.5 cm³/mol. The number of hydrogen-bond donors (Lipinski definition) is 1. The minimum absolute atomic E-state index is 0.00300. The SMILES string of the molecule is Cc1ccc(S(=O)(=O)NC2CC2)cc1C(=O)OCC(=O)c1ccc(F)c(F)c1. The van der Waals surface area contributed by atoms with E-state index in [4.69, 9.17) is 4.74 Å². The Morgan fingerprint density at radius 2 is 1.82 bits per heavy atom. The number of benzene rings is 2. The molecule has 1 fully saturated rings. The van der Waals surface area contributed by atoms with E-state index in [1.54, 1.807) is 6.92 Å². The second-order valence-corrected chi connectivity index (χ2v) is 8.21.